The third-order valence-corrected chi connectivity index (χ3v) is 8.91. The van der Waals surface area contributed by atoms with Crippen LogP contribution >= 0.6 is 0 Å². The summed E-state index contributed by atoms with van der Waals surface area (Å²) in [5.74, 6) is -0.194. The van der Waals surface area contributed by atoms with Crippen molar-refractivity contribution in [2.45, 2.75) is 185 Å². The lowest BCUT2D eigenvalue weighted by Gasteiger charge is -2.40. The first-order valence-corrected chi connectivity index (χ1v) is 19.4. The van der Waals surface area contributed by atoms with Gasteiger partial charge in [0.1, 0.15) is 24.4 Å². The summed E-state index contributed by atoms with van der Waals surface area (Å²) in [6.07, 6.45) is 30.1. The molecule has 6 N–H and O–H groups in total. The summed E-state index contributed by atoms with van der Waals surface area (Å²) in [7, 11) is 0. The highest BCUT2D eigenvalue weighted by Gasteiger charge is 2.44. The topological polar surface area (TPSA) is 149 Å². The van der Waals surface area contributed by atoms with Crippen LogP contribution in [0, 0.1) is 0 Å². The normalized spacial score (nSPS) is 23.0. The summed E-state index contributed by atoms with van der Waals surface area (Å²) in [6, 6.07) is -0.807. The van der Waals surface area contributed by atoms with Crippen LogP contribution in [0.5, 0.6) is 0 Å². The molecule has 1 heterocycles. The monoisotopic (exact) mass is 694 g/mol. The van der Waals surface area contributed by atoms with Gasteiger partial charge in [0.05, 0.1) is 25.4 Å². The number of hydrogen-bond donors (Lipinski definition) is 6. The molecule has 0 aromatic heterocycles. The average molecular weight is 694 g/mol. The highest BCUT2D eigenvalue weighted by Crippen LogP contribution is 2.22. The minimum absolute atomic E-state index is 0.194. The number of aliphatic hydroxyl groups is 5. The molecule has 1 aliphatic rings. The predicted octanol–water partition coefficient (Wildman–Crippen LogP) is 6.72. The molecule has 49 heavy (non-hydrogen) atoms. The number of unbranched alkanes of at least 4 members (excludes halogenated alkanes) is 14. The second kappa shape index (κ2) is 30.9. The van der Waals surface area contributed by atoms with Gasteiger partial charge in [0, 0.05) is 6.42 Å². The zero-order valence-corrected chi connectivity index (χ0v) is 30.7. The summed E-state index contributed by atoms with van der Waals surface area (Å²) in [5.41, 5.74) is 0. The maximum Gasteiger partial charge on any atom is 0.220 e. The number of amides is 1. The number of rotatable bonds is 30. The lowest BCUT2D eigenvalue weighted by molar-refractivity contribution is -0.302. The van der Waals surface area contributed by atoms with Crippen molar-refractivity contribution in [2.75, 3.05) is 13.2 Å². The second-order valence-electron chi connectivity index (χ2n) is 13.3. The predicted molar refractivity (Wildman–Crippen MR) is 198 cm³/mol. The first kappa shape index (κ1) is 45.2. The smallest absolute Gasteiger partial charge is 0.220 e. The summed E-state index contributed by atoms with van der Waals surface area (Å²) in [5, 5.41) is 53.8. The Labute approximate surface area is 297 Å². The summed E-state index contributed by atoms with van der Waals surface area (Å²) in [4.78, 5) is 12.8. The zero-order chi connectivity index (χ0) is 36.0. The third kappa shape index (κ3) is 22.6. The first-order chi connectivity index (χ1) is 23.8. The minimum atomic E-state index is -1.57. The molecule has 9 heteroatoms. The van der Waals surface area contributed by atoms with Crippen molar-refractivity contribution in [2.24, 2.45) is 0 Å². The van der Waals surface area contributed by atoms with Crippen LogP contribution in [0.2, 0.25) is 0 Å². The van der Waals surface area contributed by atoms with Gasteiger partial charge in [-0.25, -0.2) is 0 Å². The zero-order valence-electron chi connectivity index (χ0n) is 30.7. The van der Waals surface area contributed by atoms with Crippen molar-refractivity contribution in [3.05, 3.63) is 48.6 Å². The Balaban J connectivity index is 2.41. The quantitative estimate of drug-likeness (QED) is 0.0359. The van der Waals surface area contributed by atoms with Gasteiger partial charge in [-0.2, -0.15) is 0 Å². The molecule has 0 spiro atoms. The number of hydrogen-bond acceptors (Lipinski definition) is 8. The lowest BCUT2D eigenvalue weighted by atomic mass is 9.99. The van der Waals surface area contributed by atoms with Gasteiger partial charge < -0.3 is 40.3 Å². The summed E-state index contributed by atoms with van der Waals surface area (Å²) < 4.78 is 11.1. The lowest BCUT2D eigenvalue weighted by Crippen LogP contribution is -2.60. The molecule has 0 aliphatic carbocycles. The van der Waals surface area contributed by atoms with Crippen molar-refractivity contribution in [3.63, 3.8) is 0 Å². The van der Waals surface area contributed by atoms with E-state index in [-0.39, 0.29) is 12.5 Å². The Bertz CT molecular complexity index is 905. The van der Waals surface area contributed by atoms with Crippen LogP contribution in [0.4, 0.5) is 0 Å². The fourth-order valence-electron chi connectivity index (χ4n) is 5.76. The van der Waals surface area contributed by atoms with Crippen molar-refractivity contribution < 1.29 is 39.8 Å². The van der Waals surface area contributed by atoms with Crippen LogP contribution in [-0.2, 0) is 14.3 Å². The average Bonchev–Trinajstić information content (AvgIpc) is 3.10. The Morgan fingerprint density at radius 1 is 0.714 bits per heavy atom. The highest BCUT2D eigenvalue weighted by atomic mass is 16.7. The van der Waals surface area contributed by atoms with Gasteiger partial charge in [-0.15, -0.1) is 0 Å². The van der Waals surface area contributed by atoms with E-state index in [4.69, 9.17) is 9.47 Å². The van der Waals surface area contributed by atoms with Gasteiger partial charge >= 0.3 is 0 Å². The van der Waals surface area contributed by atoms with Gasteiger partial charge in [-0.1, -0.05) is 133 Å². The maximum absolute atomic E-state index is 12.8. The molecule has 0 saturated carbocycles. The Kier molecular flexibility index (Phi) is 28.5. The molecule has 0 aromatic rings. The minimum Gasteiger partial charge on any atom is -0.394 e. The van der Waals surface area contributed by atoms with Gasteiger partial charge in [0.2, 0.25) is 5.91 Å². The molecule has 1 aliphatic heterocycles. The van der Waals surface area contributed by atoms with E-state index in [9.17, 15) is 30.3 Å². The van der Waals surface area contributed by atoms with Gasteiger partial charge in [0.25, 0.3) is 0 Å². The van der Waals surface area contributed by atoms with Crippen LogP contribution in [-0.4, -0.2) is 87.5 Å². The fourth-order valence-corrected chi connectivity index (χ4v) is 5.76. The van der Waals surface area contributed by atoms with Crippen LogP contribution in [0.25, 0.3) is 0 Å². The van der Waals surface area contributed by atoms with E-state index in [1.165, 1.54) is 51.4 Å². The largest absolute Gasteiger partial charge is 0.394 e. The molecular formula is C40H71NO8. The number of ether oxygens (including phenoxy) is 2. The van der Waals surface area contributed by atoms with Crippen molar-refractivity contribution in [1.29, 1.82) is 0 Å². The number of carbonyl (C=O) groups is 1. The molecule has 1 fully saturated rings. The van der Waals surface area contributed by atoms with Crippen molar-refractivity contribution in [3.8, 4) is 0 Å². The SMILES string of the molecule is CC/C=C\C/C=C\C/C=C\CCCCCCCCCC(=O)NC(COC1OC(CO)C(O)C(O)C1O)C(O)/C=C/CCCCCCCCC. The molecule has 0 bridgehead atoms. The highest BCUT2D eigenvalue weighted by molar-refractivity contribution is 5.76. The van der Waals surface area contributed by atoms with E-state index < -0.39 is 49.5 Å². The van der Waals surface area contributed by atoms with Gasteiger partial charge in [0.15, 0.2) is 6.29 Å². The number of carbonyl (C=O) groups excluding carboxylic acids is 1. The molecule has 7 unspecified atom stereocenters. The molecule has 1 saturated heterocycles. The van der Waals surface area contributed by atoms with E-state index in [1.807, 2.05) is 6.08 Å². The molecule has 0 aromatic carbocycles. The third-order valence-electron chi connectivity index (χ3n) is 8.91. The molecule has 284 valence electrons. The summed E-state index contributed by atoms with van der Waals surface area (Å²) in [6.45, 7) is 3.59. The molecular weight excluding hydrogens is 622 g/mol. The van der Waals surface area contributed by atoms with Crippen LogP contribution in [0.15, 0.2) is 48.6 Å². The van der Waals surface area contributed by atoms with E-state index in [1.54, 1.807) is 6.08 Å². The maximum atomic E-state index is 12.8. The molecule has 1 amide bonds. The fraction of sp³-hybridized carbons (Fsp3) is 0.775. The number of allylic oxidation sites excluding steroid dienone is 7. The Morgan fingerprint density at radius 2 is 1.27 bits per heavy atom. The number of aliphatic hydroxyl groups excluding tert-OH is 5. The van der Waals surface area contributed by atoms with Gasteiger partial charge in [-0.3, -0.25) is 4.79 Å². The summed E-state index contributed by atoms with van der Waals surface area (Å²) >= 11 is 0. The first-order valence-electron chi connectivity index (χ1n) is 19.4. The molecule has 0 radical (unpaired) electrons. The van der Waals surface area contributed by atoms with E-state index in [0.29, 0.717) is 6.42 Å². The van der Waals surface area contributed by atoms with E-state index >= 15 is 0 Å². The second-order valence-corrected chi connectivity index (χ2v) is 13.3. The number of nitrogens with one attached hydrogen (secondary N) is 1. The van der Waals surface area contributed by atoms with Crippen molar-refractivity contribution >= 4 is 5.91 Å². The van der Waals surface area contributed by atoms with E-state index in [0.717, 1.165) is 70.6 Å². The van der Waals surface area contributed by atoms with Crippen LogP contribution in [0.1, 0.15) is 142 Å². The van der Waals surface area contributed by atoms with Gasteiger partial charge in [-0.05, 0) is 51.4 Å². The van der Waals surface area contributed by atoms with Crippen molar-refractivity contribution in [1.82, 2.24) is 5.32 Å². The molecule has 7 atom stereocenters. The van der Waals surface area contributed by atoms with Crippen LogP contribution in [0.3, 0.4) is 0 Å². The Hall–Kier alpha value is -1.85. The standard InChI is InChI=1S/C40H71NO8/c1-3-5-7-9-11-13-14-15-16-17-18-19-20-22-24-26-28-30-36(44)41-33(34(43)29-27-25-23-21-12-10-8-6-4-2)32-48-40-39(47)38(46)37(45)35(31-42)49-40/h5,7,11,13,15-16,27,29,33-35,37-40,42-43,45-47H,3-4,6,8-10,12,14,17-26,28,30-32H2,1-2H3,(H,41,44)/b7-5-,13-11-,16-15-,29-27+. The van der Waals surface area contributed by atoms with Crippen LogP contribution < -0.4 is 5.32 Å². The Morgan fingerprint density at radius 3 is 1.88 bits per heavy atom. The molecule has 9 nitrogen and oxygen atoms in total. The molecule has 1 rings (SSSR count). The van der Waals surface area contributed by atoms with E-state index in [2.05, 4.69) is 55.6 Å².